The number of rotatable bonds is 6. The second kappa shape index (κ2) is 5.78. The molecule has 1 aromatic carbocycles. The fraction of sp³-hybridized carbons (Fsp3) is 0.538. The van der Waals surface area contributed by atoms with Crippen molar-refractivity contribution in [3.8, 4) is 0 Å². The summed E-state index contributed by atoms with van der Waals surface area (Å²) in [7, 11) is 0. The zero-order valence-corrected chi connectivity index (χ0v) is 10.9. The third kappa shape index (κ3) is 3.93. The van der Waals surface area contributed by atoms with Crippen LogP contribution in [0.1, 0.15) is 25.8 Å². The van der Waals surface area contributed by atoms with Crippen molar-refractivity contribution < 1.29 is 8.78 Å². The lowest BCUT2D eigenvalue weighted by molar-refractivity contribution is -0.00942. The van der Waals surface area contributed by atoms with Gasteiger partial charge in [0.25, 0.3) is 5.92 Å². The van der Waals surface area contributed by atoms with E-state index in [-0.39, 0.29) is 5.56 Å². The molecule has 1 unspecified atom stereocenters. The second-order valence-corrected chi connectivity index (χ2v) is 4.74. The van der Waals surface area contributed by atoms with Crippen molar-refractivity contribution in [2.45, 2.75) is 31.7 Å². The van der Waals surface area contributed by atoms with E-state index < -0.39 is 18.0 Å². The van der Waals surface area contributed by atoms with Gasteiger partial charge >= 0.3 is 0 Å². The maximum absolute atomic E-state index is 13.9. The molecular formula is C13H18ClF2N. The normalized spacial score (nSPS) is 15.6. The number of alkyl halides is 3. The van der Waals surface area contributed by atoms with Crippen molar-refractivity contribution in [1.82, 2.24) is 5.32 Å². The second-order valence-electron chi connectivity index (χ2n) is 4.47. The Kier molecular flexibility index (Phi) is 4.90. The van der Waals surface area contributed by atoms with Crippen molar-refractivity contribution in [1.29, 1.82) is 0 Å². The molecule has 0 heterocycles. The third-order valence-electron chi connectivity index (χ3n) is 3.01. The molecule has 1 nitrogen and oxygen atoms in total. The Bertz CT molecular complexity index is 337. The maximum atomic E-state index is 13.9. The third-order valence-corrected chi connectivity index (χ3v) is 3.60. The summed E-state index contributed by atoms with van der Waals surface area (Å²) < 4.78 is 27.7. The molecule has 0 aliphatic rings. The molecule has 0 amide bonds. The topological polar surface area (TPSA) is 12.0 Å². The Morgan fingerprint density at radius 1 is 1.24 bits per heavy atom. The fourth-order valence-electron chi connectivity index (χ4n) is 1.38. The van der Waals surface area contributed by atoms with Crippen LogP contribution in [0.5, 0.6) is 0 Å². The van der Waals surface area contributed by atoms with E-state index in [1.165, 1.54) is 12.1 Å². The van der Waals surface area contributed by atoms with Gasteiger partial charge in [0, 0.05) is 17.0 Å². The van der Waals surface area contributed by atoms with E-state index in [1.54, 1.807) is 18.2 Å². The lowest BCUT2D eigenvalue weighted by Gasteiger charge is -2.30. The number of halogens is 3. The maximum Gasteiger partial charge on any atom is 0.285 e. The van der Waals surface area contributed by atoms with Gasteiger partial charge in [-0.3, -0.25) is 0 Å². The molecule has 0 saturated heterocycles. The lowest BCUT2D eigenvalue weighted by Crippen LogP contribution is -2.48. The van der Waals surface area contributed by atoms with Crippen molar-refractivity contribution in [2.75, 3.05) is 12.4 Å². The molecule has 1 aromatic rings. The van der Waals surface area contributed by atoms with Crippen LogP contribution in [0.4, 0.5) is 8.78 Å². The first-order chi connectivity index (χ1) is 7.93. The molecule has 0 spiro atoms. The van der Waals surface area contributed by atoms with E-state index in [1.807, 2.05) is 13.8 Å². The SMILES string of the molecule is CCC(C)(CCl)NCC(F)(F)c1ccccc1. The quantitative estimate of drug-likeness (QED) is 0.769. The van der Waals surface area contributed by atoms with E-state index in [9.17, 15) is 8.78 Å². The highest BCUT2D eigenvalue weighted by Crippen LogP contribution is 2.27. The summed E-state index contributed by atoms with van der Waals surface area (Å²) in [6.45, 7) is 3.38. The van der Waals surface area contributed by atoms with Crippen LogP contribution >= 0.6 is 11.6 Å². The monoisotopic (exact) mass is 261 g/mol. The summed E-state index contributed by atoms with van der Waals surface area (Å²) in [6, 6.07) is 7.83. The zero-order chi connectivity index (χ0) is 12.9. The van der Waals surface area contributed by atoms with E-state index in [0.717, 1.165) is 0 Å². The van der Waals surface area contributed by atoms with Gasteiger partial charge in [-0.05, 0) is 13.3 Å². The first kappa shape index (κ1) is 14.4. The molecule has 0 aromatic heterocycles. The minimum absolute atomic E-state index is 0.0283. The summed E-state index contributed by atoms with van der Waals surface area (Å²) >= 11 is 5.78. The van der Waals surface area contributed by atoms with Crippen LogP contribution in [-0.2, 0) is 5.92 Å². The van der Waals surface area contributed by atoms with Crippen molar-refractivity contribution >= 4 is 11.6 Å². The Hall–Kier alpha value is -0.670. The largest absolute Gasteiger partial charge is 0.304 e. The summed E-state index contributed by atoms with van der Waals surface area (Å²) in [6.07, 6.45) is 0.710. The standard InChI is InChI=1S/C13H18ClF2N/c1-3-12(2,9-14)17-10-13(15,16)11-7-5-4-6-8-11/h4-8,17H,3,9-10H2,1-2H3. The molecule has 0 aliphatic carbocycles. The Morgan fingerprint density at radius 3 is 2.29 bits per heavy atom. The van der Waals surface area contributed by atoms with Gasteiger partial charge in [0.15, 0.2) is 0 Å². The van der Waals surface area contributed by atoms with Gasteiger partial charge < -0.3 is 5.32 Å². The molecule has 17 heavy (non-hydrogen) atoms. The molecule has 0 bridgehead atoms. The van der Waals surface area contributed by atoms with Gasteiger partial charge in [0.1, 0.15) is 0 Å². The van der Waals surface area contributed by atoms with Gasteiger partial charge in [0.05, 0.1) is 6.54 Å². The molecule has 0 saturated carbocycles. The highest BCUT2D eigenvalue weighted by molar-refractivity contribution is 6.18. The van der Waals surface area contributed by atoms with Crippen LogP contribution in [0.3, 0.4) is 0 Å². The van der Waals surface area contributed by atoms with Crippen molar-refractivity contribution in [3.63, 3.8) is 0 Å². The molecule has 1 rings (SSSR count). The summed E-state index contributed by atoms with van der Waals surface area (Å²) in [5.41, 5.74) is -0.416. The summed E-state index contributed by atoms with van der Waals surface area (Å²) in [5.74, 6) is -2.56. The fourth-order valence-corrected chi connectivity index (χ4v) is 1.66. The van der Waals surface area contributed by atoms with Crippen LogP contribution in [0.25, 0.3) is 0 Å². The van der Waals surface area contributed by atoms with Crippen LogP contribution in [0, 0.1) is 0 Å². The Labute approximate surface area is 106 Å². The van der Waals surface area contributed by atoms with E-state index >= 15 is 0 Å². The summed E-state index contributed by atoms with van der Waals surface area (Å²) in [5, 5.41) is 2.85. The smallest absolute Gasteiger partial charge is 0.285 e. The van der Waals surface area contributed by atoms with Crippen molar-refractivity contribution in [3.05, 3.63) is 35.9 Å². The zero-order valence-electron chi connectivity index (χ0n) is 10.1. The number of benzene rings is 1. The lowest BCUT2D eigenvalue weighted by atomic mass is 10.0. The molecule has 96 valence electrons. The minimum Gasteiger partial charge on any atom is -0.304 e. The molecule has 1 atom stereocenters. The van der Waals surface area contributed by atoms with E-state index in [2.05, 4.69) is 5.32 Å². The molecule has 0 aliphatic heterocycles. The highest BCUT2D eigenvalue weighted by atomic mass is 35.5. The molecule has 0 radical (unpaired) electrons. The van der Waals surface area contributed by atoms with Crippen LogP contribution in [0.2, 0.25) is 0 Å². The van der Waals surface area contributed by atoms with Gasteiger partial charge in [-0.1, -0.05) is 37.3 Å². The predicted molar refractivity (Wildman–Crippen MR) is 67.8 cm³/mol. The Balaban J connectivity index is 2.68. The molecular weight excluding hydrogens is 244 g/mol. The number of hydrogen-bond acceptors (Lipinski definition) is 1. The average Bonchev–Trinajstić information content (AvgIpc) is 2.37. The van der Waals surface area contributed by atoms with Crippen LogP contribution in [-0.4, -0.2) is 18.0 Å². The summed E-state index contributed by atoms with van der Waals surface area (Å²) in [4.78, 5) is 0. The van der Waals surface area contributed by atoms with Gasteiger partial charge in [-0.25, -0.2) is 0 Å². The number of nitrogens with one attached hydrogen (secondary N) is 1. The molecule has 0 fully saturated rings. The van der Waals surface area contributed by atoms with Crippen LogP contribution in [0.15, 0.2) is 30.3 Å². The minimum atomic E-state index is -2.87. The van der Waals surface area contributed by atoms with Gasteiger partial charge in [-0.2, -0.15) is 8.78 Å². The van der Waals surface area contributed by atoms with Crippen LogP contribution < -0.4 is 5.32 Å². The Morgan fingerprint density at radius 2 is 1.82 bits per heavy atom. The predicted octanol–water partition coefficient (Wildman–Crippen LogP) is 3.78. The van der Waals surface area contributed by atoms with Gasteiger partial charge in [0.2, 0.25) is 0 Å². The first-order valence-corrected chi connectivity index (χ1v) is 6.21. The van der Waals surface area contributed by atoms with Crippen molar-refractivity contribution in [2.24, 2.45) is 0 Å². The van der Waals surface area contributed by atoms with E-state index in [4.69, 9.17) is 11.6 Å². The molecule has 4 heteroatoms. The highest BCUT2D eigenvalue weighted by Gasteiger charge is 2.33. The number of hydrogen-bond donors (Lipinski definition) is 1. The van der Waals surface area contributed by atoms with E-state index in [0.29, 0.717) is 12.3 Å². The molecule has 1 N–H and O–H groups in total. The average molecular weight is 262 g/mol. The first-order valence-electron chi connectivity index (χ1n) is 5.68. The van der Waals surface area contributed by atoms with Gasteiger partial charge in [-0.15, -0.1) is 11.6 Å².